The number of rotatable bonds is 6. The van der Waals surface area contributed by atoms with Crippen LogP contribution in [0.15, 0.2) is 84.3 Å². The van der Waals surface area contributed by atoms with Gasteiger partial charge in [0, 0.05) is 42.0 Å². The summed E-state index contributed by atoms with van der Waals surface area (Å²) in [5, 5.41) is 11.9. The van der Waals surface area contributed by atoms with Crippen LogP contribution in [0.4, 0.5) is 0 Å². The molecule has 7 heteroatoms. The van der Waals surface area contributed by atoms with Crippen LogP contribution in [0.25, 0.3) is 5.57 Å². The molecule has 0 saturated carbocycles. The Kier molecular flexibility index (Phi) is 7.60. The lowest BCUT2D eigenvalue weighted by atomic mass is 9.84. The monoisotopic (exact) mass is 518 g/mol. The van der Waals surface area contributed by atoms with Crippen LogP contribution in [0.2, 0.25) is 5.02 Å². The zero-order valence-corrected chi connectivity index (χ0v) is 21.7. The third kappa shape index (κ3) is 5.57. The highest BCUT2D eigenvalue weighted by Crippen LogP contribution is 2.38. The molecule has 1 saturated heterocycles. The van der Waals surface area contributed by atoms with Crippen molar-refractivity contribution in [3.63, 3.8) is 0 Å². The molecule has 2 aromatic rings. The van der Waals surface area contributed by atoms with Crippen molar-refractivity contribution in [2.45, 2.75) is 31.8 Å². The molecule has 1 unspecified atom stereocenters. The van der Waals surface area contributed by atoms with Crippen LogP contribution in [0.1, 0.15) is 37.3 Å². The molecule has 3 aliphatic rings. The molecule has 1 N–H and O–H groups in total. The van der Waals surface area contributed by atoms with Gasteiger partial charge in [0.1, 0.15) is 11.7 Å². The number of aliphatic hydroxyl groups is 1. The van der Waals surface area contributed by atoms with Gasteiger partial charge in [0.25, 0.3) is 0 Å². The lowest BCUT2D eigenvalue weighted by molar-refractivity contribution is -0.145. The van der Waals surface area contributed by atoms with Crippen LogP contribution in [0.3, 0.4) is 0 Å². The predicted octanol–water partition coefficient (Wildman–Crippen LogP) is 5.44. The average molecular weight is 519 g/mol. The molecular weight excluding hydrogens is 488 g/mol. The molecule has 192 valence electrons. The van der Waals surface area contributed by atoms with Gasteiger partial charge in [-0.05, 0) is 73.7 Å². The molecule has 1 fully saturated rings. The minimum atomic E-state index is -0.813. The number of ether oxygens (including phenoxy) is 2. The molecule has 1 aliphatic carbocycles. The molecule has 2 aliphatic heterocycles. The second-order valence-electron chi connectivity index (χ2n) is 9.53. The number of hydrogen-bond acceptors (Lipinski definition) is 6. The van der Waals surface area contributed by atoms with Crippen LogP contribution in [0.5, 0.6) is 5.88 Å². The van der Waals surface area contributed by atoms with Crippen molar-refractivity contribution in [1.82, 2.24) is 9.88 Å². The number of likely N-dealkylation sites (tertiary alicyclic amines) is 1. The maximum Gasteiger partial charge on any atom is 0.317 e. The van der Waals surface area contributed by atoms with Crippen molar-refractivity contribution in [2.24, 2.45) is 5.92 Å². The number of pyridine rings is 1. The molecule has 0 spiro atoms. The molecule has 0 bridgehead atoms. The fraction of sp³-hybridized carbons (Fsp3) is 0.333. The standard InChI is InChI=1S/C30H31ClN2O4/c1-2-36-29(34)25-7-3-9-27-26(25)20-21(24-8-4-16-32-28(24)37-27)6-5-17-33-18-14-30(35,15-19-33)22-10-12-23(31)13-11-22/h3-4,6-13,16,20,25,35H,2,5,14-15,17-19H2,1H3. The summed E-state index contributed by atoms with van der Waals surface area (Å²) >= 11 is 6.02. The summed E-state index contributed by atoms with van der Waals surface area (Å²) in [5.74, 6) is 0.320. The number of carbonyl (C=O) groups is 1. The van der Waals surface area contributed by atoms with E-state index in [9.17, 15) is 9.90 Å². The van der Waals surface area contributed by atoms with Crippen molar-refractivity contribution >= 4 is 23.1 Å². The number of aromatic nitrogens is 1. The minimum absolute atomic E-state index is 0.293. The summed E-state index contributed by atoms with van der Waals surface area (Å²) in [6, 6.07) is 11.4. The fourth-order valence-corrected chi connectivity index (χ4v) is 5.23. The lowest BCUT2D eigenvalue weighted by Crippen LogP contribution is -2.42. The summed E-state index contributed by atoms with van der Waals surface area (Å²) in [5.41, 5.74) is 2.75. The van der Waals surface area contributed by atoms with E-state index >= 15 is 0 Å². The minimum Gasteiger partial charge on any atom is -0.465 e. The van der Waals surface area contributed by atoms with Gasteiger partial charge >= 0.3 is 5.97 Å². The van der Waals surface area contributed by atoms with Gasteiger partial charge in [-0.1, -0.05) is 42.0 Å². The van der Waals surface area contributed by atoms with Gasteiger partial charge in [-0.15, -0.1) is 0 Å². The summed E-state index contributed by atoms with van der Waals surface area (Å²) in [6.45, 7) is 4.62. The summed E-state index contributed by atoms with van der Waals surface area (Å²) in [7, 11) is 0. The second-order valence-corrected chi connectivity index (χ2v) is 9.97. The Morgan fingerprint density at radius 1 is 1.27 bits per heavy atom. The Hall–Kier alpha value is -3.19. The highest BCUT2D eigenvalue weighted by Gasteiger charge is 2.34. The summed E-state index contributed by atoms with van der Waals surface area (Å²) in [6.07, 6.45) is 13.6. The number of fused-ring (bicyclic) bond motifs is 2. The molecule has 0 amide bonds. The first-order chi connectivity index (χ1) is 18.0. The fourth-order valence-electron chi connectivity index (χ4n) is 5.11. The van der Waals surface area contributed by atoms with E-state index in [-0.39, 0.29) is 5.97 Å². The Balaban J connectivity index is 1.31. The maximum absolute atomic E-state index is 12.7. The maximum atomic E-state index is 12.7. The zero-order valence-electron chi connectivity index (χ0n) is 20.9. The van der Waals surface area contributed by atoms with Crippen molar-refractivity contribution < 1.29 is 19.4 Å². The smallest absolute Gasteiger partial charge is 0.317 e. The van der Waals surface area contributed by atoms with Crippen LogP contribution < -0.4 is 4.74 Å². The van der Waals surface area contributed by atoms with Crippen molar-refractivity contribution in [1.29, 1.82) is 0 Å². The number of benzene rings is 1. The first-order valence-electron chi connectivity index (χ1n) is 12.8. The number of nitrogens with zero attached hydrogens (tertiary/aromatic N) is 2. The number of halogens is 1. The Labute approximate surface area is 222 Å². The molecule has 1 aromatic carbocycles. The quantitative estimate of drug-likeness (QED) is 0.513. The molecule has 37 heavy (non-hydrogen) atoms. The predicted molar refractivity (Wildman–Crippen MR) is 144 cm³/mol. The van der Waals surface area contributed by atoms with Crippen LogP contribution in [-0.4, -0.2) is 47.2 Å². The Bertz CT molecular complexity index is 1270. The van der Waals surface area contributed by atoms with Gasteiger partial charge in [-0.3, -0.25) is 4.79 Å². The second kappa shape index (κ2) is 11.1. The van der Waals surface area contributed by atoms with Gasteiger partial charge in [0.15, 0.2) is 0 Å². The third-order valence-electron chi connectivity index (χ3n) is 7.19. The lowest BCUT2D eigenvalue weighted by Gasteiger charge is -2.38. The number of esters is 1. The summed E-state index contributed by atoms with van der Waals surface area (Å²) in [4.78, 5) is 19.5. The normalized spacial score (nSPS) is 21.7. The molecule has 0 radical (unpaired) electrons. The van der Waals surface area contributed by atoms with Gasteiger partial charge in [0.05, 0.1) is 12.2 Å². The van der Waals surface area contributed by atoms with E-state index in [0.29, 0.717) is 36.1 Å². The number of allylic oxidation sites excluding steroid dienone is 5. The van der Waals surface area contributed by atoms with Gasteiger partial charge in [0.2, 0.25) is 5.88 Å². The molecular formula is C30H31ClN2O4. The zero-order chi connectivity index (χ0) is 25.8. The van der Waals surface area contributed by atoms with E-state index < -0.39 is 11.5 Å². The molecule has 5 rings (SSSR count). The van der Waals surface area contributed by atoms with Crippen molar-refractivity contribution in [3.8, 4) is 5.88 Å². The number of piperidine rings is 1. The van der Waals surface area contributed by atoms with E-state index in [0.717, 1.165) is 48.3 Å². The summed E-state index contributed by atoms with van der Waals surface area (Å²) < 4.78 is 11.5. The third-order valence-corrected chi connectivity index (χ3v) is 7.44. The molecule has 6 nitrogen and oxygen atoms in total. The van der Waals surface area contributed by atoms with E-state index in [1.165, 1.54) is 0 Å². The van der Waals surface area contributed by atoms with Crippen LogP contribution >= 0.6 is 11.6 Å². The van der Waals surface area contributed by atoms with Crippen LogP contribution in [0, 0.1) is 5.92 Å². The molecule has 1 aromatic heterocycles. The first-order valence-corrected chi connectivity index (χ1v) is 13.2. The van der Waals surface area contributed by atoms with E-state index in [1.54, 1.807) is 13.1 Å². The molecule has 1 atom stereocenters. The number of carbonyl (C=O) groups excluding carboxylic acids is 1. The average Bonchev–Trinajstić information content (AvgIpc) is 3.07. The van der Waals surface area contributed by atoms with Gasteiger partial charge in [-0.2, -0.15) is 0 Å². The SMILES string of the molecule is CCOC(=O)C1C=CC=C2Oc3ncccc3C(=CCCN3CCC(O)(c4ccc(Cl)cc4)CC3)C=C21. The first kappa shape index (κ1) is 25.5. The largest absolute Gasteiger partial charge is 0.465 e. The van der Waals surface area contributed by atoms with Gasteiger partial charge < -0.3 is 19.5 Å². The van der Waals surface area contributed by atoms with E-state index in [4.69, 9.17) is 21.1 Å². The highest BCUT2D eigenvalue weighted by atomic mass is 35.5. The van der Waals surface area contributed by atoms with Crippen molar-refractivity contribution in [2.75, 3.05) is 26.2 Å². The Morgan fingerprint density at radius 2 is 2.05 bits per heavy atom. The van der Waals surface area contributed by atoms with E-state index in [1.807, 2.05) is 60.7 Å². The van der Waals surface area contributed by atoms with Crippen molar-refractivity contribution in [3.05, 3.63) is 100 Å². The van der Waals surface area contributed by atoms with E-state index in [2.05, 4.69) is 16.0 Å². The Morgan fingerprint density at radius 3 is 2.81 bits per heavy atom. The molecule has 3 heterocycles. The highest BCUT2D eigenvalue weighted by molar-refractivity contribution is 6.30. The number of hydrogen-bond donors (Lipinski definition) is 1. The van der Waals surface area contributed by atoms with Gasteiger partial charge in [-0.25, -0.2) is 4.98 Å². The van der Waals surface area contributed by atoms with Crippen LogP contribution in [-0.2, 0) is 15.1 Å². The topological polar surface area (TPSA) is 71.9 Å².